The van der Waals surface area contributed by atoms with E-state index in [-0.39, 0.29) is 17.6 Å². The molecule has 0 aliphatic heterocycles. The number of benzene rings is 1. The number of ketones is 1. The molecule has 1 aliphatic carbocycles. The molecule has 0 spiro atoms. The Morgan fingerprint density at radius 1 is 1.11 bits per heavy atom. The molecule has 2 rings (SSSR count). The van der Waals surface area contributed by atoms with Crippen molar-refractivity contribution in [3.8, 4) is 0 Å². The van der Waals surface area contributed by atoms with Gasteiger partial charge in [0.15, 0.2) is 5.78 Å². The van der Waals surface area contributed by atoms with Crippen LogP contribution in [-0.2, 0) is 4.79 Å². The fourth-order valence-electron chi connectivity index (χ4n) is 2.57. The first-order valence-electron chi connectivity index (χ1n) is 6.33. The van der Waals surface area contributed by atoms with Crippen LogP contribution < -0.4 is 0 Å². The van der Waals surface area contributed by atoms with Crippen LogP contribution in [0.4, 0.5) is 0 Å². The highest BCUT2D eigenvalue weighted by Gasteiger charge is 2.34. The summed E-state index contributed by atoms with van der Waals surface area (Å²) in [5.41, 5.74) is 2.99. The zero-order chi connectivity index (χ0) is 13.3. The Labute approximate surface area is 107 Å². The van der Waals surface area contributed by atoms with E-state index < -0.39 is 5.97 Å². The van der Waals surface area contributed by atoms with Crippen LogP contribution in [0.2, 0.25) is 0 Å². The molecule has 1 aliphatic rings. The minimum atomic E-state index is -0.773. The number of Topliss-reactive ketones (excluding diaryl/α,β-unsaturated/α-hetero) is 1. The van der Waals surface area contributed by atoms with Gasteiger partial charge in [-0.05, 0) is 50.3 Å². The number of carbonyl (C=O) groups is 2. The van der Waals surface area contributed by atoms with Gasteiger partial charge >= 0.3 is 5.97 Å². The van der Waals surface area contributed by atoms with Gasteiger partial charge in [-0.25, -0.2) is 0 Å². The molecule has 0 amide bonds. The summed E-state index contributed by atoms with van der Waals surface area (Å²) in [7, 11) is 0. The van der Waals surface area contributed by atoms with Crippen LogP contribution in [-0.4, -0.2) is 16.9 Å². The molecule has 1 fully saturated rings. The van der Waals surface area contributed by atoms with E-state index in [1.165, 1.54) is 5.56 Å². The molecule has 96 valence electrons. The van der Waals surface area contributed by atoms with E-state index in [9.17, 15) is 9.59 Å². The molecule has 0 aromatic heterocycles. The van der Waals surface area contributed by atoms with Gasteiger partial charge in [-0.15, -0.1) is 0 Å². The topological polar surface area (TPSA) is 54.4 Å². The summed E-state index contributed by atoms with van der Waals surface area (Å²) in [5, 5.41) is 8.95. The summed E-state index contributed by atoms with van der Waals surface area (Å²) in [6, 6.07) is 5.71. The summed E-state index contributed by atoms with van der Waals surface area (Å²) in [6.07, 6.45) is 1.81. The number of hydrogen-bond donors (Lipinski definition) is 1. The van der Waals surface area contributed by atoms with Crippen LogP contribution in [0, 0.1) is 25.7 Å². The third-order valence-corrected chi connectivity index (χ3v) is 3.94. The largest absolute Gasteiger partial charge is 0.481 e. The summed E-state index contributed by atoms with van der Waals surface area (Å²) < 4.78 is 0. The Morgan fingerprint density at radius 3 is 2.33 bits per heavy atom. The fourth-order valence-corrected chi connectivity index (χ4v) is 2.57. The second-order valence-corrected chi connectivity index (χ2v) is 5.21. The summed E-state index contributed by atoms with van der Waals surface area (Å²) in [5.74, 6) is -1.13. The first-order chi connectivity index (χ1) is 8.49. The molecule has 0 radical (unpaired) electrons. The molecule has 1 aromatic carbocycles. The minimum absolute atomic E-state index is 0.0989. The quantitative estimate of drug-likeness (QED) is 0.834. The fraction of sp³-hybridized carbons (Fsp3) is 0.467. The zero-order valence-corrected chi connectivity index (χ0v) is 10.8. The van der Waals surface area contributed by atoms with E-state index in [4.69, 9.17) is 5.11 Å². The molecule has 0 bridgehead atoms. The zero-order valence-electron chi connectivity index (χ0n) is 10.8. The average Bonchev–Trinajstić information content (AvgIpc) is 2.81. The first-order valence-corrected chi connectivity index (χ1v) is 6.33. The van der Waals surface area contributed by atoms with Crippen LogP contribution in [0.5, 0.6) is 0 Å². The van der Waals surface area contributed by atoms with Crippen LogP contribution in [0.1, 0.15) is 40.7 Å². The maximum Gasteiger partial charge on any atom is 0.306 e. The van der Waals surface area contributed by atoms with E-state index in [1.54, 1.807) is 0 Å². The summed E-state index contributed by atoms with van der Waals surface area (Å²) in [4.78, 5) is 23.2. The Kier molecular flexibility index (Phi) is 3.50. The Hall–Kier alpha value is -1.64. The lowest BCUT2D eigenvalue weighted by Gasteiger charge is -2.10. The molecular weight excluding hydrogens is 228 g/mol. The molecule has 0 heterocycles. The van der Waals surface area contributed by atoms with Gasteiger partial charge in [-0.3, -0.25) is 9.59 Å². The van der Waals surface area contributed by atoms with Crippen molar-refractivity contribution >= 4 is 11.8 Å². The maximum atomic E-state index is 12.3. The van der Waals surface area contributed by atoms with Crippen LogP contribution in [0.15, 0.2) is 18.2 Å². The van der Waals surface area contributed by atoms with Crippen LogP contribution in [0.3, 0.4) is 0 Å². The van der Waals surface area contributed by atoms with Gasteiger partial charge in [0, 0.05) is 11.5 Å². The molecule has 18 heavy (non-hydrogen) atoms. The molecule has 1 saturated carbocycles. The van der Waals surface area contributed by atoms with Crippen molar-refractivity contribution in [3.05, 3.63) is 34.9 Å². The Bertz CT molecular complexity index is 491. The molecule has 0 unspecified atom stereocenters. The summed E-state index contributed by atoms with van der Waals surface area (Å²) >= 11 is 0. The van der Waals surface area contributed by atoms with Gasteiger partial charge in [-0.2, -0.15) is 0 Å². The van der Waals surface area contributed by atoms with Crippen molar-refractivity contribution in [1.82, 2.24) is 0 Å². The Balaban J connectivity index is 2.12. The van der Waals surface area contributed by atoms with E-state index in [1.807, 2.05) is 32.0 Å². The number of aliphatic carboxylic acids is 1. The second-order valence-electron chi connectivity index (χ2n) is 5.21. The number of hydrogen-bond acceptors (Lipinski definition) is 2. The van der Waals surface area contributed by atoms with Crippen molar-refractivity contribution < 1.29 is 14.7 Å². The van der Waals surface area contributed by atoms with Crippen molar-refractivity contribution in [2.75, 3.05) is 0 Å². The first kappa shape index (κ1) is 12.8. The average molecular weight is 246 g/mol. The molecule has 1 aromatic rings. The molecule has 2 atom stereocenters. The van der Waals surface area contributed by atoms with Gasteiger partial charge < -0.3 is 5.11 Å². The van der Waals surface area contributed by atoms with Gasteiger partial charge in [0.25, 0.3) is 0 Å². The standard InChI is InChI=1S/C15H18O3/c1-9-3-4-11(7-10(9)2)14(16)12-5-6-13(8-12)15(17)18/h3-4,7,12-13H,5-6,8H2,1-2H3,(H,17,18)/t12-,13+/m0/s1. The predicted octanol–water partition coefficient (Wildman–Crippen LogP) is 2.99. The van der Waals surface area contributed by atoms with Gasteiger partial charge in [-0.1, -0.05) is 12.1 Å². The molecule has 3 nitrogen and oxygen atoms in total. The summed E-state index contributed by atoms with van der Waals surface area (Å²) in [6.45, 7) is 4.00. The number of aryl methyl sites for hydroxylation is 2. The van der Waals surface area contributed by atoms with E-state index >= 15 is 0 Å². The highest BCUT2D eigenvalue weighted by molar-refractivity contribution is 5.98. The number of carboxylic acids is 1. The molecule has 3 heteroatoms. The molecular formula is C15H18O3. The van der Waals surface area contributed by atoms with Crippen molar-refractivity contribution in [1.29, 1.82) is 0 Å². The monoisotopic (exact) mass is 246 g/mol. The molecule has 0 saturated heterocycles. The van der Waals surface area contributed by atoms with Crippen LogP contribution in [0.25, 0.3) is 0 Å². The minimum Gasteiger partial charge on any atom is -0.481 e. The highest BCUT2D eigenvalue weighted by Crippen LogP contribution is 2.33. The van der Waals surface area contributed by atoms with Gasteiger partial charge in [0.2, 0.25) is 0 Å². The Morgan fingerprint density at radius 2 is 1.78 bits per heavy atom. The smallest absolute Gasteiger partial charge is 0.306 e. The number of rotatable bonds is 3. The second kappa shape index (κ2) is 4.92. The van der Waals surface area contributed by atoms with Gasteiger partial charge in [0.05, 0.1) is 5.92 Å². The number of carboxylic acid groups (broad SMARTS) is 1. The lowest BCUT2D eigenvalue weighted by atomic mass is 9.93. The predicted molar refractivity (Wildman–Crippen MR) is 68.7 cm³/mol. The highest BCUT2D eigenvalue weighted by atomic mass is 16.4. The lowest BCUT2D eigenvalue weighted by Crippen LogP contribution is -2.14. The third kappa shape index (κ3) is 2.45. The van der Waals surface area contributed by atoms with Crippen LogP contribution >= 0.6 is 0 Å². The lowest BCUT2D eigenvalue weighted by molar-refractivity contribution is -0.141. The van der Waals surface area contributed by atoms with Crippen molar-refractivity contribution in [3.63, 3.8) is 0 Å². The van der Waals surface area contributed by atoms with E-state index in [0.717, 1.165) is 5.56 Å². The molecule has 1 N–H and O–H groups in total. The van der Waals surface area contributed by atoms with Crippen molar-refractivity contribution in [2.24, 2.45) is 11.8 Å². The number of carbonyl (C=O) groups excluding carboxylic acids is 1. The maximum absolute atomic E-state index is 12.3. The van der Waals surface area contributed by atoms with Gasteiger partial charge in [0.1, 0.15) is 0 Å². The SMILES string of the molecule is Cc1ccc(C(=O)[C@H]2CC[C@@H](C(=O)O)C2)cc1C. The third-order valence-electron chi connectivity index (χ3n) is 3.94. The van der Waals surface area contributed by atoms with E-state index in [0.29, 0.717) is 24.8 Å². The van der Waals surface area contributed by atoms with Crippen molar-refractivity contribution in [2.45, 2.75) is 33.1 Å². The normalized spacial score (nSPS) is 23.0. The van der Waals surface area contributed by atoms with E-state index in [2.05, 4.69) is 0 Å².